The summed E-state index contributed by atoms with van der Waals surface area (Å²) in [6, 6.07) is 0.486. The number of hydrogen-bond acceptors (Lipinski definition) is 2. The Kier molecular flexibility index (Phi) is 4.99. The van der Waals surface area contributed by atoms with Gasteiger partial charge in [-0.25, -0.2) is 0 Å². The van der Waals surface area contributed by atoms with E-state index in [-0.39, 0.29) is 12.0 Å². The molecule has 0 bridgehead atoms. The van der Waals surface area contributed by atoms with Gasteiger partial charge in [-0.3, -0.25) is 9.69 Å². The summed E-state index contributed by atoms with van der Waals surface area (Å²) in [5, 5.41) is 8.82. The van der Waals surface area contributed by atoms with Crippen LogP contribution < -0.4 is 0 Å². The van der Waals surface area contributed by atoms with Crippen molar-refractivity contribution in [3.63, 3.8) is 0 Å². The van der Waals surface area contributed by atoms with Crippen LogP contribution in [-0.2, 0) is 4.79 Å². The first-order chi connectivity index (χ1) is 7.80. The molecule has 1 unspecified atom stereocenters. The van der Waals surface area contributed by atoms with Crippen LogP contribution in [0.3, 0.4) is 0 Å². The Balaban J connectivity index is 2.51. The lowest BCUT2D eigenvalue weighted by atomic mass is 9.80. The molecule has 1 atom stereocenters. The van der Waals surface area contributed by atoms with Crippen LogP contribution in [0.15, 0.2) is 0 Å². The molecular formula is C14H27NO2. The van der Waals surface area contributed by atoms with Crippen LogP contribution in [0.2, 0.25) is 0 Å². The molecule has 3 nitrogen and oxygen atoms in total. The van der Waals surface area contributed by atoms with Crippen molar-refractivity contribution in [2.45, 2.75) is 71.4 Å². The molecule has 0 aliphatic heterocycles. The van der Waals surface area contributed by atoms with E-state index in [1.54, 1.807) is 0 Å². The number of carboxylic acids is 1. The van der Waals surface area contributed by atoms with Gasteiger partial charge < -0.3 is 5.11 Å². The Morgan fingerprint density at radius 3 is 2.35 bits per heavy atom. The van der Waals surface area contributed by atoms with Gasteiger partial charge in [-0.15, -0.1) is 0 Å². The molecule has 1 aliphatic rings. The molecule has 1 saturated carbocycles. The Morgan fingerprint density at radius 2 is 2.00 bits per heavy atom. The zero-order chi connectivity index (χ0) is 13.1. The number of rotatable bonds is 6. The molecule has 3 heteroatoms. The van der Waals surface area contributed by atoms with Gasteiger partial charge in [-0.05, 0) is 40.0 Å². The van der Waals surface area contributed by atoms with Gasteiger partial charge in [0, 0.05) is 18.1 Å². The summed E-state index contributed by atoms with van der Waals surface area (Å²) < 4.78 is 0. The van der Waals surface area contributed by atoms with Crippen LogP contribution in [-0.4, -0.2) is 34.1 Å². The van der Waals surface area contributed by atoms with Crippen molar-refractivity contribution in [2.75, 3.05) is 6.54 Å². The zero-order valence-electron chi connectivity index (χ0n) is 11.7. The first kappa shape index (κ1) is 14.5. The smallest absolute Gasteiger partial charge is 0.304 e. The summed E-state index contributed by atoms with van der Waals surface area (Å²) >= 11 is 0. The molecule has 0 aromatic heterocycles. The number of hydrogen-bond donors (Lipinski definition) is 1. The monoisotopic (exact) mass is 241 g/mol. The van der Waals surface area contributed by atoms with Crippen LogP contribution in [0.1, 0.15) is 59.8 Å². The highest BCUT2D eigenvalue weighted by molar-refractivity contribution is 5.66. The average molecular weight is 241 g/mol. The van der Waals surface area contributed by atoms with Gasteiger partial charge in [-0.2, -0.15) is 0 Å². The van der Waals surface area contributed by atoms with Crippen molar-refractivity contribution >= 4 is 5.97 Å². The first-order valence-electron chi connectivity index (χ1n) is 6.79. The third kappa shape index (κ3) is 4.66. The molecule has 100 valence electrons. The summed E-state index contributed by atoms with van der Waals surface area (Å²) in [7, 11) is 0. The van der Waals surface area contributed by atoms with Crippen LogP contribution in [0.5, 0.6) is 0 Å². The van der Waals surface area contributed by atoms with E-state index >= 15 is 0 Å². The SMILES string of the molecule is CC(CC1CCC1)N(CCC(=O)O)C(C)(C)C. The fraction of sp³-hybridized carbons (Fsp3) is 0.929. The van der Waals surface area contributed by atoms with E-state index < -0.39 is 5.97 Å². The predicted molar refractivity (Wildman–Crippen MR) is 70.1 cm³/mol. The fourth-order valence-electron chi connectivity index (χ4n) is 2.77. The van der Waals surface area contributed by atoms with Crippen LogP contribution >= 0.6 is 0 Å². The van der Waals surface area contributed by atoms with Gasteiger partial charge in [0.15, 0.2) is 0 Å². The molecule has 17 heavy (non-hydrogen) atoms. The molecule has 0 aromatic carbocycles. The van der Waals surface area contributed by atoms with E-state index in [4.69, 9.17) is 5.11 Å². The fourth-order valence-corrected chi connectivity index (χ4v) is 2.77. The van der Waals surface area contributed by atoms with E-state index in [2.05, 4.69) is 32.6 Å². The first-order valence-corrected chi connectivity index (χ1v) is 6.79. The quantitative estimate of drug-likeness (QED) is 0.776. The Labute approximate surface area is 105 Å². The Hall–Kier alpha value is -0.570. The van der Waals surface area contributed by atoms with Gasteiger partial charge >= 0.3 is 5.97 Å². The number of carboxylic acid groups (broad SMARTS) is 1. The van der Waals surface area contributed by atoms with E-state index in [1.165, 1.54) is 25.7 Å². The van der Waals surface area contributed by atoms with Crippen molar-refractivity contribution < 1.29 is 9.90 Å². The second kappa shape index (κ2) is 5.85. The van der Waals surface area contributed by atoms with Crippen molar-refractivity contribution in [3.05, 3.63) is 0 Å². The molecule has 1 N–H and O–H groups in total. The largest absolute Gasteiger partial charge is 0.481 e. The molecule has 0 aromatic rings. The summed E-state index contributed by atoms with van der Waals surface area (Å²) in [5.74, 6) is 0.176. The predicted octanol–water partition coefficient (Wildman–Crippen LogP) is 3.14. The average Bonchev–Trinajstić information content (AvgIpc) is 2.08. The van der Waals surface area contributed by atoms with E-state index in [0.29, 0.717) is 12.6 Å². The minimum Gasteiger partial charge on any atom is -0.481 e. The molecule has 0 heterocycles. The maximum absolute atomic E-state index is 10.7. The van der Waals surface area contributed by atoms with Crippen molar-refractivity contribution in [1.29, 1.82) is 0 Å². The van der Waals surface area contributed by atoms with Crippen molar-refractivity contribution in [1.82, 2.24) is 4.90 Å². The van der Waals surface area contributed by atoms with Crippen LogP contribution in [0, 0.1) is 5.92 Å². The van der Waals surface area contributed by atoms with Gasteiger partial charge in [0.05, 0.1) is 6.42 Å². The lowest BCUT2D eigenvalue weighted by Crippen LogP contribution is -2.48. The highest BCUT2D eigenvalue weighted by Crippen LogP contribution is 2.33. The Morgan fingerprint density at radius 1 is 1.41 bits per heavy atom. The highest BCUT2D eigenvalue weighted by atomic mass is 16.4. The molecule has 0 saturated heterocycles. The third-order valence-corrected chi connectivity index (χ3v) is 3.86. The molecule has 1 fully saturated rings. The molecule has 1 rings (SSSR count). The lowest BCUT2D eigenvalue weighted by molar-refractivity contribution is -0.137. The van der Waals surface area contributed by atoms with Gasteiger partial charge in [-0.1, -0.05) is 19.3 Å². The minimum absolute atomic E-state index is 0.0542. The molecule has 1 aliphatic carbocycles. The summed E-state index contributed by atoms with van der Waals surface area (Å²) in [6.45, 7) is 9.42. The molecule has 0 radical (unpaired) electrons. The highest BCUT2D eigenvalue weighted by Gasteiger charge is 2.29. The standard InChI is InChI=1S/C14H27NO2/c1-11(10-12-6-5-7-12)15(14(2,3)4)9-8-13(16)17/h11-12H,5-10H2,1-4H3,(H,16,17). The van der Waals surface area contributed by atoms with E-state index in [9.17, 15) is 4.79 Å². The maximum Gasteiger partial charge on any atom is 0.304 e. The molecule has 0 amide bonds. The topological polar surface area (TPSA) is 40.5 Å². The summed E-state index contributed by atoms with van der Waals surface area (Å²) in [5.41, 5.74) is 0.0542. The molecular weight excluding hydrogens is 214 g/mol. The number of carbonyl (C=O) groups is 1. The van der Waals surface area contributed by atoms with E-state index in [1.807, 2.05) is 0 Å². The number of aliphatic carboxylic acids is 1. The van der Waals surface area contributed by atoms with Crippen LogP contribution in [0.25, 0.3) is 0 Å². The van der Waals surface area contributed by atoms with Gasteiger partial charge in [0.2, 0.25) is 0 Å². The van der Waals surface area contributed by atoms with Crippen molar-refractivity contribution in [2.24, 2.45) is 5.92 Å². The summed E-state index contributed by atoms with van der Waals surface area (Å²) in [4.78, 5) is 13.1. The van der Waals surface area contributed by atoms with Crippen molar-refractivity contribution in [3.8, 4) is 0 Å². The van der Waals surface area contributed by atoms with Gasteiger partial charge in [0.1, 0.15) is 0 Å². The van der Waals surface area contributed by atoms with Gasteiger partial charge in [0.25, 0.3) is 0 Å². The number of nitrogens with zero attached hydrogens (tertiary/aromatic N) is 1. The minimum atomic E-state index is -0.699. The lowest BCUT2D eigenvalue weighted by Gasteiger charge is -2.42. The Bertz CT molecular complexity index is 253. The second-order valence-corrected chi connectivity index (χ2v) is 6.39. The maximum atomic E-state index is 10.7. The third-order valence-electron chi connectivity index (χ3n) is 3.86. The van der Waals surface area contributed by atoms with E-state index in [0.717, 1.165) is 5.92 Å². The zero-order valence-corrected chi connectivity index (χ0v) is 11.7. The molecule has 0 spiro atoms. The normalized spacial score (nSPS) is 19.1. The van der Waals surface area contributed by atoms with Crippen LogP contribution in [0.4, 0.5) is 0 Å². The summed E-state index contributed by atoms with van der Waals surface area (Å²) in [6.07, 6.45) is 5.56. The second-order valence-electron chi connectivity index (χ2n) is 6.39.